The van der Waals surface area contributed by atoms with E-state index in [4.69, 9.17) is 11.6 Å². The van der Waals surface area contributed by atoms with Gasteiger partial charge < -0.3 is 4.74 Å². The van der Waals surface area contributed by atoms with E-state index in [2.05, 4.69) is 20.7 Å². The molecule has 0 aliphatic carbocycles. The fourth-order valence-electron chi connectivity index (χ4n) is 1.25. The van der Waals surface area contributed by atoms with Gasteiger partial charge in [-0.2, -0.15) is 13.2 Å². The summed E-state index contributed by atoms with van der Waals surface area (Å²) in [5, 5.41) is -0.518. The maximum Gasteiger partial charge on any atom is 0.411 e. The Balaban J connectivity index is 2.41. The van der Waals surface area contributed by atoms with Gasteiger partial charge in [-0.25, -0.2) is 4.39 Å². The number of alkyl halides is 4. The molecule has 0 fully saturated rings. The smallest absolute Gasteiger partial charge is 0.372 e. The number of rotatable bonds is 5. The Labute approximate surface area is 115 Å². The predicted octanol–water partition coefficient (Wildman–Crippen LogP) is 4.84. The summed E-state index contributed by atoms with van der Waals surface area (Å²) in [5.74, 6) is -0.420. The molecule has 0 heterocycles. The summed E-state index contributed by atoms with van der Waals surface area (Å²) in [6.07, 6.45) is -4.11. The summed E-state index contributed by atoms with van der Waals surface area (Å²) in [7, 11) is 0. The highest BCUT2D eigenvalue weighted by molar-refractivity contribution is 9.10. The molecule has 102 valence electrons. The van der Waals surface area contributed by atoms with Gasteiger partial charge in [-0.3, -0.25) is 0 Å². The second kappa shape index (κ2) is 6.73. The molecule has 0 aliphatic rings. The van der Waals surface area contributed by atoms with Crippen molar-refractivity contribution in [3.63, 3.8) is 0 Å². The van der Waals surface area contributed by atoms with E-state index in [9.17, 15) is 17.6 Å². The third-order valence-corrected chi connectivity index (χ3v) is 3.16. The molecular formula is C11H10BrClF4O. The Morgan fingerprint density at radius 2 is 2.00 bits per heavy atom. The molecule has 0 saturated carbocycles. The van der Waals surface area contributed by atoms with Crippen LogP contribution in [0.2, 0.25) is 0 Å². The Kier molecular flexibility index (Phi) is 5.88. The first-order valence-corrected chi connectivity index (χ1v) is 6.26. The van der Waals surface area contributed by atoms with E-state index in [1.54, 1.807) is 0 Å². The first-order chi connectivity index (χ1) is 8.29. The largest absolute Gasteiger partial charge is 0.411 e. The quantitative estimate of drug-likeness (QED) is 0.420. The van der Waals surface area contributed by atoms with Crippen molar-refractivity contribution in [1.82, 2.24) is 0 Å². The van der Waals surface area contributed by atoms with Gasteiger partial charge in [0.25, 0.3) is 0 Å². The number of benzene rings is 1. The maximum absolute atomic E-state index is 13.0. The van der Waals surface area contributed by atoms with Crippen LogP contribution >= 0.6 is 27.5 Å². The number of hydrogen-bond donors (Lipinski definition) is 0. The molecule has 0 radical (unpaired) electrons. The van der Waals surface area contributed by atoms with Crippen LogP contribution < -0.4 is 0 Å². The van der Waals surface area contributed by atoms with Gasteiger partial charge in [0.15, 0.2) is 0 Å². The lowest BCUT2D eigenvalue weighted by Crippen LogP contribution is -2.17. The molecule has 0 aromatic heterocycles. The van der Waals surface area contributed by atoms with E-state index < -0.39 is 24.0 Å². The Morgan fingerprint density at radius 3 is 2.56 bits per heavy atom. The molecule has 0 aliphatic heterocycles. The van der Waals surface area contributed by atoms with E-state index in [0.717, 1.165) is 0 Å². The Bertz CT molecular complexity index is 397. The minimum atomic E-state index is -4.33. The van der Waals surface area contributed by atoms with Crippen molar-refractivity contribution >= 4 is 27.5 Å². The van der Waals surface area contributed by atoms with Crippen molar-refractivity contribution in [2.75, 3.05) is 13.2 Å². The summed E-state index contributed by atoms with van der Waals surface area (Å²) in [5.41, 5.74) is 0.626. The van der Waals surface area contributed by atoms with Gasteiger partial charge in [0.1, 0.15) is 12.4 Å². The molecule has 1 unspecified atom stereocenters. The van der Waals surface area contributed by atoms with Crippen LogP contribution in [0.5, 0.6) is 0 Å². The Hall–Kier alpha value is -0.330. The van der Waals surface area contributed by atoms with Crippen LogP contribution in [0.3, 0.4) is 0 Å². The van der Waals surface area contributed by atoms with Crippen LogP contribution in [0.1, 0.15) is 17.4 Å². The van der Waals surface area contributed by atoms with E-state index in [-0.39, 0.29) is 17.5 Å². The summed E-state index contributed by atoms with van der Waals surface area (Å²) in [4.78, 5) is 0. The van der Waals surface area contributed by atoms with Crippen LogP contribution in [0.25, 0.3) is 0 Å². The minimum absolute atomic E-state index is 0.108. The zero-order valence-electron chi connectivity index (χ0n) is 9.11. The summed E-state index contributed by atoms with van der Waals surface area (Å²) in [6, 6.07) is 4.23. The van der Waals surface area contributed by atoms with Crippen molar-refractivity contribution in [2.45, 2.75) is 18.0 Å². The molecule has 0 spiro atoms. The average Bonchev–Trinajstić information content (AvgIpc) is 2.26. The van der Waals surface area contributed by atoms with Gasteiger partial charge in [-0.05, 0) is 40.0 Å². The monoisotopic (exact) mass is 348 g/mol. The molecule has 18 heavy (non-hydrogen) atoms. The zero-order valence-corrected chi connectivity index (χ0v) is 11.4. The van der Waals surface area contributed by atoms with Gasteiger partial charge in [0.05, 0.1) is 9.85 Å². The SMILES string of the molecule is Fc1ccc(C(Cl)CCOCC(F)(F)F)cc1Br. The van der Waals surface area contributed by atoms with E-state index in [0.29, 0.717) is 5.56 Å². The zero-order chi connectivity index (χ0) is 13.8. The molecule has 0 bridgehead atoms. The van der Waals surface area contributed by atoms with E-state index >= 15 is 0 Å². The molecule has 7 heteroatoms. The third kappa shape index (κ3) is 5.54. The minimum Gasteiger partial charge on any atom is -0.372 e. The maximum atomic E-state index is 13.0. The molecule has 0 amide bonds. The number of hydrogen-bond acceptors (Lipinski definition) is 1. The molecule has 1 aromatic rings. The lowest BCUT2D eigenvalue weighted by molar-refractivity contribution is -0.174. The molecule has 1 nitrogen and oxygen atoms in total. The topological polar surface area (TPSA) is 9.23 Å². The van der Waals surface area contributed by atoms with Crippen molar-refractivity contribution in [2.24, 2.45) is 0 Å². The fourth-order valence-corrected chi connectivity index (χ4v) is 1.87. The van der Waals surface area contributed by atoms with E-state index in [1.807, 2.05) is 0 Å². The molecule has 1 aromatic carbocycles. The highest BCUT2D eigenvalue weighted by Gasteiger charge is 2.27. The van der Waals surface area contributed by atoms with Gasteiger partial charge in [0.2, 0.25) is 0 Å². The Morgan fingerprint density at radius 1 is 1.33 bits per heavy atom. The summed E-state index contributed by atoms with van der Waals surface area (Å²) in [6.45, 7) is -1.40. The lowest BCUT2D eigenvalue weighted by Gasteiger charge is -2.12. The van der Waals surface area contributed by atoms with Crippen molar-refractivity contribution in [3.8, 4) is 0 Å². The van der Waals surface area contributed by atoms with Crippen LogP contribution in [0.4, 0.5) is 17.6 Å². The second-order valence-electron chi connectivity index (χ2n) is 3.60. The molecule has 0 N–H and O–H groups in total. The van der Waals surface area contributed by atoms with Crippen molar-refractivity contribution in [3.05, 3.63) is 34.1 Å². The molecule has 0 saturated heterocycles. The first kappa shape index (κ1) is 15.7. The summed E-state index contributed by atoms with van der Waals surface area (Å²) < 4.78 is 53.1. The standard InChI is InChI=1S/C11H10BrClF4O/c12-8-5-7(1-2-10(8)14)9(13)3-4-18-6-11(15,16)17/h1-2,5,9H,3-4,6H2. The first-order valence-electron chi connectivity index (χ1n) is 5.03. The van der Waals surface area contributed by atoms with E-state index in [1.165, 1.54) is 18.2 Å². The fraction of sp³-hybridized carbons (Fsp3) is 0.455. The predicted molar refractivity (Wildman–Crippen MR) is 64.2 cm³/mol. The third-order valence-electron chi connectivity index (χ3n) is 2.09. The number of halogens is 6. The summed E-state index contributed by atoms with van der Waals surface area (Å²) >= 11 is 8.98. The average molecular weight is 350 g/mol. The van der Waals surface area contributed by atoms with Gasteiger partial charge in [-0.1, -0.05) is 6.07 Å². The molecule has 1 rings (SSSR count). The second-order valence-corrected chi connectivity index (χ2v) is 4.98. The number of ether oxygens (including phenoxy) is 1. The van der Waals surface area contributed by atoms with Crippen LogP contribution in [0, 0.1) is 5.82 Å². The van der Waals surface area contributed by atoms with Gasteiger partial charge in [-0.15, -0.1) is 11.6 Å². The highest BCUT2D eigenvalue weighted by atomic mass is 79.9. The van der Waals surface area contributed by atoms with Crippen molar-refractivity contribution < 1.29 is 22.3 Å². The van der Waals surface area contributed by atoms with Gasteiger partial charge in [0, 0.05) is 6.61 Å². The van der Waals surface area contributed by atoms with Crippen LogP contribution in [-0.4, -0.2) is 19.4 Å². The molecule has 1 atom stereocenters. The highest BCUT2D eigenvalue weighted by Crippen LogP contribution is 2.28. The lowest BCUT2D eigenvalue weighted by atomic mass is 10.1. The van der Waals surface area contributed by atoms with Crippen LogP contribution in [-0.2, 0) is 4.74 Å². The van der Waals surface area contributed by atoms with Crippen molar-refractivity contribution in [1.29, 1.82) is 0 Å². The van der Waals surface area contributed by atoms with Gasteiger partial charge >= 0.3 is 6.18 Å². The normalized spacial score (nSPS) is 13.7. The van der Waals surface area contributed by atoms with Crippen LogP contribution in [0.15, 0.2) is 22.7 Å². The molecular weight excluding hydrogens is 339 g/mol.